The van der Waals surface area contributed by atoms with Gasteiger partial charge < -0.3 is 9.47 Å². The van der Waals surface area contributed by atoms with E-state index in [1.165, 1.54) is 19.3 Å². The summed E-state index contributed by atoms with van der Waals surface area (Å²) in [4.78, 5) is 16.6. The fourth-order valence-electron chi connectivity index (χ4n) is 2.89. The molecule has 1 aliphatic rings. The van der Waals surface area contributed by atoms with Crippen LogP contribution in [0.3, 0.4) is 0 Å². The van der Waals surface area contributed by atoms with Gasteiger partial charge in [0.25, 0.3) is 0 Å². The van der Waals surface area contributed by atoms with Crippen LogP contribution < -0.4 is 0 Å². The zero-order valence-corrected chi connectivity index (χ0v) is 12.5. The highest BCUT2D eigenvalue weighted by atomic mass is 16.1. The maximum Gasteiger partial charge on any atom is 0.178 e. The third-order valence-electron chi connectivity index (χ3n) is 4.36. The van der Waals surface area contributed by atoms with Gasteiger partial charge in [-0.3, -0.25) is 9.69 Å². The minimum absolute atomic E-state index is 0.205. The van der Waals surface area contributed by atoms with Crippen LogP contribution in [0.5, 0.6) is 0 Å². The van der Waals surface area contributed by atoms with E-state index in [1.54, 1.807) is 0 Å². The summed E-state index contributed by atoms with van der Waals surface area (Å²) < 4.78 is 1.92. The van der Waals surface area contributed by atoms with E-state index in [4.69, 9.17) is 0 Å². The summed E-state index contributed by atoms with van der Waals surface area (Å²) >= 11 is 0. The first-order valence-electron chi connectivity index (χ1n) is 6.94. The standard InChI is InChI=1S/C15H25N3O/c1-16(2)15(7-5-8-15)12-18(4)11-14(19)13-6-9-17(3)10-13/h6,9-10H,5,7-8,11-12H2,1-4H3. The maximum atomic E-state index is 12.2. The van der Waals surface area contributed by atoms with Gasteiger partial charge >= 0.3 is 0 Å². The van der Waals surface area contributed by atoms with Crippen LogP contribution in [0.25, 0.3) is 0 Å². The molecule has 0 amide bonds. The minimum Gasteiger partial charge on any atom is -0.357 e. The molecular weight excluding hydrogens is 238 g/mol. The molecule has 1 fully saturated rings. The van der Waals surface area contributed by atoms with Crippen molar-refractivity contribution in [1.82, 2.24) is 14.4 Å². The summed E-state index contributed by atoms with van der Waals surface area (Å²) in [5, 5.41) is 0. The number of carbonyl (C=O) groups excluding carboxylic acids is 1. The van der Waals surface area contributed by atoms with E-state index in [9.17, 15) is 4.79 Å². The first kappa shape index (κ1) is 14.3. The molecule has 0 aliphatic heterocycles. The van der Waals surface area contributed by atoms with Gasteiger partial charge in [-0.2, -0.15) is 0 Å². The number of aromatic nitrogens is 1. The number of aryl methyl sites for hydroxylation is 1. The summed E-state index contributed by atoms with van der Waals surface area (Å²) in [6.45, 7) is 1.47. The summed E-state index contributed by atoms with van der Waals surface area (Å²) in [5.74, 6) is 0.205. The molecule has 2 rings (SSSR count). The molecule has 4 heteroatoms. The normalized spacial score (nSPS) is 17.8. The van der Waals surface area contributed by atoms with E-state index in [2.05, 4.69) is 23.9 Å². The van der Waals surface area contributed by atoms with Gasteiger partial charge in [-0.25, -0.2) is 0 Å². The first-order chi connectivity index (χ1) is 8.93. The van der Waals surface area contributed by atoms with Crippen molar-refractivity contribution in [2.24, 2.45) is 7.05 Å². The molecule has 0 radical (unpaired) electrons. The maximum absolute atomic E-state index is 12.2. The van der Waals surface area contributed by atoms with Crippen molar-refractivity contribution < 1.29 is 4.79 Å². The van der Waals surface area contributed by atoms with Gasteiger partial charge in [-0.05, 0) is 46.5 Å². The molecule has 0 atom stereocenters. The Morgan fingerprint density at radius 2 is 2.05 bits per heavy atom. The third kappa shape index (κ3) is 3.07. The van der Waals surface area contributed by atoms with Crippen LogP contribution >= 0.6 is 0 Å². The second-order valence-electron chi connectivity index (χ2n) is 6.13. The summed E-state index contributed by atoms with van der Waals surface area (Å²) in [5.41, 5.74) is 1.09. The number of hydrogen-bond donors (Lipinski definition) is 0. The lowest BCUT2D eigenvalue weighted by atomic mass is 9.75. The lowest BCUT2D eigenvalue weighted by Crippen LogP contribution is -2.57. The molecule has 1 aromatic rings. The van der Waals surface area contributed by atoms with Gasteiger partial charge in [0.05, 0.1) is 6.54 Å². The second-order valence-corrected chi connectivity index (χ2v) is 6.13. The number of ketones is 1. The number of Topliss-reactive ketones (excluding diaryl/α,β-unsaturated/α-hetero) is 1. The van der Waals surface area contributed by atoms with E-state index < -0.39 is 0 Å². The number of rotatable bonds is 6. The molecule has 1 aliphatic carbocycles. The summed E-state index contributed by atoms with van der Waals surface area (Å²) in [6.07, 6.45) is 7.59. The minimum atomic E-state index is 0.205. The number of hydrogen-bond acceptors (Lipinski definition) is 3. The van der Waals surface area contributed by atoms with Crippen molar-refractivity contribution in [1.29, 1.82) is 0 Å². The molecule has 1 aromatic heterocycles. The molecule has 106 valence electrons. The highest BCUT2D eigenvalue weighted by Crippen LogP contribution is 2.36. The van der Waals surface area contributed by atoms with Crippen LogP contribution in [0.2, 0.25) is 0 Å². The topological polar surface area (TPSA) is 28.5 Å². The van der Waals surface area contributed by atoms with Gasteiger partial charge in [0.15, 0.2) is 5.78 Å². The molecule has 4 nitrogen and oxygen atoms in total. The lowest BCUT2D eigenvalue weighted by molar-refractivity contribution is 0.0280. The fourth-order valence-corrected chi connectivity index (χ4v) is 2.89. The van der Waals surface area contributed by atoms with E-state index in [0.717, 1.165) is 12.1 Å². The Bertz CT molecular complexity index is 446. The van der Waals surface area contributed by atoms with Crippen molar-refractivity contribution in [3.05, 3.63) is 24.0 Å². The molecule has 0 saturated heterocycles. The molecule has 0 spiro atoms. The predicted octanol–water partition coefficient (Wildman–Crippen LogP) is 1.62. The average Bonchev–Trinajstić information content (AvgIpc) is 2.69. The van der Waals surface area contributed by atoms with Gasteiger partial charge in [-0.1, -0.05) is 0 Å². The fraction of sp³-hybridized carbons (Fsp3) is 0.667. The van der Waals surface area contributed by atoms with Gasteiger partial charge in [0.2, 0.25) is 0 Å². The smallest absolute Gasteiger partial charge is 0.178 e. The Morgan fingerprint density at radius 1 is 1.37 bits per heavy atom. The van der Waals surface area contributed by atoms with Gasteiger partial charge in [0, 0.05) is 37.1 Å². The van der Waals surface area contributed by atoms with Gasteiger partial charge in [0.1, 0.15) is 0 Å². The van der Waals surface area contributed by atoms with Crippen LogP contribution in [0, 0.1) is 0 Å². The zero-order chi connectivity index (χ0) is 14.0. The number of carbonyl (C=O) groups is 1. The van der Waals surface area contributed by atoms with E-state index in [1.807, 2.05) is 37.1 Å². The van der Waals surface area contributed by atoms with Crippen LogP contribution in [-0.4, -0.2) is 59.9 Å². The average molecular weight is 263 g/mol. The SMILES string of the molecule is CN(CC(=O)c1ccn(C)c1)CC1(N(C)C)CCC1. The molecule has 0 unspecified atom stereocenters. The highest BCUT2D eigenvalue weighted by Gasteiger charge is 2.39. The molecule has 1 heterocycles. The Morgan fingerprint density at radius 3 is 2.47 bits per heavy atom. The summed E-state index contributed by atoms with van der Waals surface area (Å²) in [7, 11) is 8.28. The Balaban J connectivity index is 1.90. The quantitative estimate of drug-likeness (QED) is 0.730. The highest BCUT2D eigenvalue weighted by molar-refractivity contribution is 5.97. The number of nitrogens with zero attached hydrogens (tertiary/aromatic N) is 3. The van der Waals surface area contributed by atoms with Crippen LogP contribution in [0.4, 0.5) is 0 Å². The molecule has 1 saturated carbocycles. The van der Waals surface area contributed by atoms with Crippen molar-refractivity contribution in [3.8, 4) is 0 Å². The lowest BCUT2D eigenvalue weighted by Gasteiger charge is -2.49. The molecular formula is C15H25N3O. The monoisotopic (exact) mass is 263 g/mol. The zero-order valence-electron chi connectivity index (χ0n) is 12.5. The number of likely N-dealkylation sites (N-methyl/N-ethyl adjacent to an activating group) is 2. The molecule has 0 N–H and O–H groups in total. The molecule has 0 aromatic carbocycles. The summed E-state index contributed by atoms with van der Waals surface area (Å²) in [6, 6.07) is 1.89. The molecule has 19 heavy (non-hydrogen) atoms. The largest absolute Gasteiger partial charge is 0.357 e. The second kappa shape index (κ2) is 5.47. The Kier molecular flexibility index (Phi) is 4.11. The predicted molar refractivity (Wildman–Crippen MR) is 77.5 cm³/mol. The van der Waals surface area contributed by atoms with E-state index in [0.29, 0.717) is 6.54 Å². The Labute approximate surface area is 116 Å². The van der Waals surface area contributed by atoms with Crippen LogP contribution in [-0.2, 0) is 7.05 Å². The van der Waals surface area contributed by atoms with Crippen molar-refractivity contribution in [3.63, 3.8) is 0 Å². The first-order valence-corrected chi connectivity index (χ1v) is 6.94. The van der Waals surface area contributed by atoms with Crippen molar-refractivity contribution in [2.75, 3.05) is 34.2 Å². The Hall–Kier alpha value is -1.13. The van der Waals surface area contributed by atoms with Crippen molar-refractivity contribution >= 4 is 5.78 Å². The van der Waals surface area contributed by atoms with Crippen LogP contribution in [0.1, 0.15) is 29.6 Å². The third-order valence-corrected chi connectivity index (χ3v) is 4.36. The van der Waals surface area contributed by atoms with E-state index in [-0.39, 0.29) is 11.3 Å². The van der Waals surface area contributed by atoms with Crippen LogP contribution in [0.15, 0.2) is 18.5 Å². The molecule has 0 bridgehead atoms. The van der Waals surface area contributed by atoms with Gasteiger partial charge in [-0.15, -0.1) is 0 Å². The van der Waals surface area contributed by atoms with Crippen molar-refractivity contribution in [2.45, 2.75) is 24.8 Å². The van der Waals surface area contributed by atoms with E-state index >= 15 is 0 Å².